The molecule has 0 radical (unpaired) electrons. The lowest BCUT2D eigenvalue weighted by molar-refractivity contribution is -0.126. The molecule has 0 aliphatic carbocycles. The summed E-state index contributed by atoms with van der Waals surface area (Å²) in [7, 11) is 0. The second-order valence-corrected chi connectivity index (χ2v) is 3.39. The third-order valence-electron chi connectivity index (χ3n) is 2.46. The standard InChI is InChI=1S/C10H17NO3/c1-3-8-9(12)6-5-7-11(8)10(13)14-4-2/h8H,3-7H2,1-2H3. The van der Waals surface area contributed by atoms with Crippen molar-refractivity contribution in [2.75, 3.05) is 13.2 Å². The molecule has 0 N–H and O–H groups in total. The smallest absolute Gasteiger partial charge is 0.410 e. The lowest BCUT2D eigenvalue weighted by atomic mass is 9.99. The molecule has 80 valence electrons. The van der Waals surface area contributed by atoms with Crippen molar-refractivity contribution in [3.63, 3.8) is 0 Å². The van der Waals surface area contributed by atoms with Gasteiger partial charge in [0, 0.05) is 13.0 Å². The van der Waals surface area contributed by atoms with Crippen LogP contribution in [0.4, 0.5) is 4.79 Å². The Morgan fingerprint density at radius 3 is 2.86 bits per heavy atom. The summed E-state index contributed by atoms with van der Waals surface area (Å²) in [6, 6.07) is -0.261. The number of amides is 1. The van der Waals surface area contributed by atoms with E-state index in [0.717, 1.165) is 6.42 Å². The van der Waals surface area contributed by atoms with Crippen LogP contribution in [-0.4, -0.2) is 36.0 Å². The van der Waals surface area contributed by atoms with Crippen LogP contribution in [0.25, 0.3) is 0 Å². The number of carbonyl (C=O) groups is 2. The predicted octanol–water partition coefficient (Wildman–Crippen LogP) is 1.59. The molecule has 1 rings (SSSR count). The molecular weight excluding hydrogens is 182 g/mol. The van der Waals surface area contributed by atoms with E-state index in [9.17, 15) is 9.59 Å². The maximum atomic E-state index is 11.5. The molecule has 1 aliphatic rings. The Morgan fingerprint density at radius 1 is 1.57 bits per heavy atom. The highest BCUT2D eigenvalue weighted by Gasteiger charge is 2.32. The Labute approximate surface area is 84.2 Å². The second-order valence-electron chi connectivity index (χ2n) is 3.39. The molecule has 1 saturated heterocycles. The number of hydrogen-bond donors (Lipinski definition) is 0. The van der Waals surface area contributed by atoms with Crippen molar-refractivity contribution in [2.45, 2.75) is 39.2 Å². The first-order chi connectivity index (χ1) is 6.70. The molecule has 0 aromatic rings. The van der Waals surface area contributed by atoms with Gasteiger partial charge in [0.25, 0.3) is 0 Å². The fourth-order valence-electron chi connectivity index (χ4n) is 1.79. The number of carbonyl (C=O) groups excluding carboxylic acids is 2. The van der Waals surface area contributed by atoms with Crippen molar-refractivity contribution in [2.24, 2.45) is 0 Å². The minimum Gasteiger partial charge on any atom is -0.450 e. The summed E-state index contributed by atoms with van der Waals surface area (Å²) in [6.07, 6.45) is 1.67. The maximum Gasteiger partial charge on any atom is 0.410 e. The zero-order valence-corrected chi connectivity index (χ0v) is 8.78. The van der Waals surface area contributed by atoms with Crippen molar-refractivity contribution in [3.8, 4) is 0 Å². The van der Waals surface area contributed by atoms with Crippen LogP contribution in [0, 0.1) is 0 Å². The lowest BCUT2D eigenvalue weighted by Crippen LogP contribution is -2.48. The predicted molar refractivity (Wildman–Crippen MR) is 52.0 cm³/mol. The molecule has 0 aromatic carbocycles. The van der Waals surface area contributed by atoms with Gasteiger partial charge >= 0.3 is 6.09 Å². The SMILES string of the molecule is CCOC(=O)N1CCCC(=O)C1CC. The zero-order chi connectivity index (χ0) is 10.6. The van der Waals surface area contributed by atoms with Crippen LogP contribution in [0.5, 0.6) is 0 Å². The van der Waals surface area contributed by atoms with E-state index in [2.05, 4.69) is 0 Å². The summed E-state index contributed by atoms with van der Waals surface area (Å²) >= 11 is 0. The van der Waals surface area contributed by atoms with Crippen molar-refractivity contribution in [1.29, 1.82) is 0 Å². The van der Waals surface area contributed by atoms with Crippen LogP contribution >= 0.6 is 0 Å². The van der Waals surface area contributed by atoms with Gasteiger partial charge in [-0.05, 0) is 19.8 Å². The molecule has 0 saturated carbocycles. The average molecular weight is 199 g/mol. The van der Waals surface area contributed by atoms with Gasteiger partial charge in [0.1, 0.15) is 0 Å². The number of ether oxygens (including phenoxy) is 1. The number of ketones is 1. The first-order valence-electron chi connectivity index (χ1n) is 5.16. The quantitative estimate of drug-likeness (QED) is 0.678. The van der Waals surface area contributed by atoms with E-state index in [1.54, 1.807) is 11.8 Å². The molecule has 4 heteroatoms. The summed E-state index contributed by atoms with van der Waals surface area (Å²) in [4.78, 5) is 24.5. The van der Waals surface area contributed by atoms with E-state index in [0.29, 0.717) is 26.0 Å². The fourth-order valence-corrected chi connectivity index (χ4v) is 1.79. The van der Waals surface area contributed by atoms with E-state index < -0.39 is 0 Å². The van der Waals surface area contributed by atoms with Crippen molar-refractivity contribution in [1.82, 2.24) is 4.90 Å². The van der Waals surface area contributed by atoms with Crippen LogP contribution in [0.1, 0.15) is 33.1 Å². The van der Waals surface area contributed by atoms with E-state index in [1.165, 1.54) is 0 Å². The molecule has 4 nitrogen and oxygen atoms in total. The first-order valence-corrected chi connectivity index (χ1v) is 5.16. The van der Waals surface area contributed by atoms with E-state index >= 15 is 0 Å². The zero-order valence-electron chi connectivity index (χ0n) is 8.78. The Bertz CT molecular complexity index is 227. The van der Waals surface area contributed by atoms with Gasteiger partial charge in [-0.15, -0.1) is 0 Å². The van der Waals surface area contributed by atoms with Crippen LogP contribution < -0.4 is 0 Å². The number of hydrogen-bond acceptors (Lipinski definition) is 3. The summed E-state index contributed by atoms with van der Waals surface area (Å²) in [5.74, 6) is 0.159. The van der Waals surface area contributed by atoms with Gasteiger partial charge in [0.15, 0.2) is 5.78 Å². The number of piperidine rings is 1. The second kappa shape index (κ2) is 4.98. The minimum atomic E-state index is -0.354. The molecule has 0 bridgehead atoms. The van der Waals surface area contributed by atoms with E-state index in [4.69, 9.17) is 4.74 Å². The highest BCUT2D eigenvalue weighted by Crippen LogP contribution is 2.17. The first kappa shape index (κ1) is 11.0. The minimum absolute atomic E-state index is 0.159. The molecule has 1 atom stereocenters. The van der Waals surface area contributed by atoms with Crippen molar-refractivity contribution >= 4 is 11.9 Å². The largest absolute Gasteiger partial charge is 0.450 e. The van der Waals surface area contributed by atoms with Crippen LogP contribution in [0.15, 0.2) is 0 Å². The summed E-state index contributed by atoms with van der Waals surface area (Å²) < 4.78 is 4.90. The topological polar surface area (TPSA) is 46.6 Å². The van der Waals surface area contributed by atoms with Gasteiger partial charge in [-0.1, -0.05) is 6.92 Å². The molecule has 1 aliphatic heterocycles. The third kappa shape index (κ3) is 2.25. The number of likely N-dealkylation sites (tertiary alicyclic amines) is 1. The van der Waals surface area contributed by atoms with E-state index in [-0.39, 0.29) is 17.9 Å². The Morgan fingerprint density at radius 2 is 2.29 bits per heavy atom. The fraction of sp³-hybridized carbons (Fsp3) is 0.800. The lowest BCUT2D eigenvalue weighted by Gasteiger charge is -2.32. The highest BCUT2D eigenvalue weighted by molar-refractivity contribution is 5.88. The maximum absolute atomic E-state index is 11.5. The highest BCUT2D eigenvalue weighted by atomic mass is 16.6. The number of Topliss-reactive ketones (excluding diaryl/α,β-unsaturated/α-hetero) is 1. The Kier molecular flexibility index (Phi) is 3.92. The molecule has 0 aromatic heterocycles. The van der Waals surface area contributed by atoms with Crippen molar-refractivity contribution in [3.05, 3.63) is 0 Å². The Hall–Kier alpha value is -1.06. The molecule has 1 amide bonds. The summed E-state index contributed by atoms with van der Waals surface area (Å²) in [5, 5.41) is 0. The van der Waals surface area contributed by atoms with Gasteiger partial charge in [0.05, 0.1) is 12.6 Å². The number of rotatable bonds is 2. The molecule has 0 spiro atoms. The monoisotopic (exact) mass is 199 g/mol. The molecule has 14 heavy (non-hydrogen) atoms. The van der Waals surface area contributed by atoms with Gasteiger partial charge in [0.2, 0.25) is 0 Å². The normalized spacial score (nSPS) is 22.3. The third-order valence-corrected chi connectivity index (χ3v) is 2.46. The molecule has 1 fully saturated rings. The van der Waals surface area contributed by atoms with Crippen LogP contribution in [-0.2, 0) is 9.53 Å². The van der Waals surface area contributed by atoms with Gasteiger partial charge in [-0.3, -0.25) is 9.69 Å². The van der Waals surface area contributed by atoms with Crippen molar-refractivity contribution < 1.29 is 14.3 Å². The van der Waals surface area contributed by atoms with Crippen LogP contribution in [0.3, 0.4) is 0 Å². The molecular formula is C10H17NO3. The molecule has 1 heterocycles. The van der Waals surface area contributed by atoms with Gasteiger partial charge < -0.3 is 4.74 Å². The summed E-state index contributed by atoms with van der Waals surface area (Å²) in [5.41, 5.74) is 0. The number of nitrogens with zero attached hydrogens (tertiary/aromatic N) is 1. The van der Waals surface area contributed by atoms with E-state index in [1.807, 2.05) is 6.92 Å². The van der Waals surface area contributed by atoms with Gasteiger partial charge in [-0.2, -0.15) is 0 Å². The van der Waals surface area contributed by atoms with Gasteiger partial charge in [-0.25, -0.2) is 4.79 Å². The average Bonchev–Trinajstić information content (AvgIpc) is 2.17. The Balaban J connectivity index is 2.64. The van der Waals surface area contributed by atoms with Crippen LogP contribution in [0.2, 0.25) is 0 Å². The summed E-state index contributed by atoms with van der Waals surface area (Å²) in [6.45, 7) is 4.69. The molecule has 1 unspecified atom stereocenters.